The third-order valence-corrected chi connectivity index (χ3v) is 3.94. The van der Waals surface area contributed by atoms with E-state index in [2.05, 4.69) is 16.0 Å². The average Bonchev–Trinajstić information content (AvgIpc) is 3.06. The van der Waals surface area contributed by atoms with Crippen LogP contribution in [0.3, 0.4) is 0 Å². The molecule has 1 aliphatic rings. The molecule has 0 amide bonds. The summed E-state index contributed by atoms with van der Waals surface area (Å²) in [5, 5.41) is 8.82. The van der Waals surface area contributed by atoms with E-state index in [-0.39, 0.29) is 0 Å². The third kappa shape index (κ3) is 2.14. The SMILES string of the molecule is N#Cc1ccc(-c2cc(=S)nc(C3CC3)[nH]2)s1. The van der Waals surface area contributed by atoms with Gasteiger partial charge in [-0.15, -0.1) is 11.3 Å². The molecule has 2 aromatic heterocycles. The second kappa shape index (κ2) is 4.06. The molecule has 1 fully saturated rings. The van der Waals surface area contributed by atoms with E-state index in [0.717, 1.165) is 16.4 Å². The van der Waals surface area contributed by atoms with Gasteiger partial charge in [-0.1, -0.05) is 12.2 Å². The summed E-state index contributed by atoms with van der Waals surface area (Å²) in [6.07, 6.45) is 2.38. The minimum Gasteiger partial charge on any atom is -0.342 e. The summed E-state index contributed by atoms with van der Waals surface area (Å²) < 4.78 is 0.618. The second-order valence-corrected chi connectivity index (χ2v) is 5.57. The van der Waals surface area contributed by atoms with Crippen LogP contribution in [0.1, 0.15) is 29.5 Å². The molecule has 0 bridgehead atoms. The van der Waals surface area contributed by atoms with Crippen molar-refractivity contribution in [1.29, 1.82) is 5.26 Å². The van der Waals surface area contributed by atoms with E-state index in [1.54, 1.807) is 0 Å². The smallest absolute Gasteiger partial charge is 0.130 e. The van der Waals surface area contributed by atoms with Gasteiger partial charge in [-0.2, -0.15) is 5.26 Å². The highest BCUT2D eigenvalue weighted by Gasteiger charge is 2.26. The molecule has 17 heavy (non-hydrogen) atoms. The fourth-order valence-electron chi connectivity index (χ4n) is 1.70. The fourth-order valence-corrected chi connectivity index (χ4v) is 2.69. The minimum absolute atomic E-state index is 0.548. The Kier molecular flexibility index (Phi) is 2.54. The van der Waals surface area contributed by atoms with Gasteiger partial charge in [0.15, 0.2) is 0 Å². The quantitative estimate of drug-likeness (QED) is 0.838. The Labute approximate surface area is 108 Å². The van der Waals surface area contributed by atoms with Crippen molar-refractivity contribution < 1.29 is 0 Å². The summed E-state index contributed by atoms with van der Waals surface area (Å²) in [6, 6.07) is 7.77. The highest BCUT2D eigenvalue weighted by atomic mass is 32.1. The summed E-state index contributed by atoms with van der Waals surface area (Å²) in [5.41, 5.74) is 0.971. The number of aromatic amines is 1. The number of nitriles is 1. The number of nitrogens with zero attached hydrogens (tertiary/aromatic N) is 2. The van der Waals surface area contributed by atoms with Crippen molar-refractivity contribution in [2.24, 2.45) is 0 Å². The maximum Gasteiger partial charge on any atom is 0.130 e. The van der Waals surface area contributed by atoms with Crippen LogP contribution in [0.15, 0.2) is 18.2 Å². The molecule has 1 N–H and O–H groups in total. The Morgan fingerprint density at radius 2 is 2.29 bits per heavy atom. The van der Waals surface area contributed by atoms with E-state index >= 15 is 0 Å². The standard InChI is InChI=1S/C12H9N3S2/c13-6-8-3-4-10(17-8)9-5-11(16)15-12(14-9)7-1-2-7/h3-5,7H,1-2H2,(H,14,15,16). The van der Waals surface area contributed by atoms with Crippen LogP contribution in [0.25, 0.3) is 10.6 Å². The molecule has 3 nitrogen and oxygen atoms in total. The third-order valence-electron chi connectivity index (χ3n) is 2.71. The lowest BCUT2D eigenvalue weighted by Gasteiger charge is -2.02. The van der Waals surface area contributed by atoms with Gasteiger partial charge in [0.05, 0.1) is 10.6 Å². The zero-order valence-electron chi connectivity index (χ0n) is 8.93. The lowest BCUT2D eigenvalue weighted by molar-refractivity contribution is 0.925. The van der Waals surface area contributed by atoms with E-state index in [1.807, 2.05) is 18.2 Å². The summed E-state index contributed by atoms with van der Waals surface area (Å²) in [5.74, 6) is 1.53. The first kappa shape index (κ1) is 10.6. The van der Waals surface area contributed by atoms with Gasteiger partial charge in [-0.05, 0) is 31.0 Å². The number of H-pyrrole nitrogens is 1. The van der Waals surface area contributed by atoms with Gasteiger partial charge in [0, 0.05) is 5.92 Å². The minimum atomic E-state index is 0.548. The molecule has 3 rings (SSSR count). The highest BCUT2D eigenvalue weighted by Crippen LogP contribution is 2.38. The molecule has 2 heterocycles. The number of nitrogens with one attached hydrogen (secondary N) is 1. The highest BCUT2D eigenvalue weighted by molar-refractivity contribution is 7.71. The van der Waals surface area contributed by atoms with Gasteiger partial charge in [0.25, 0.3) is 0 Å². The predicted octanol–water partition coefficient (Wildman–Crippen LogP) is 3.62. The summed E-state index contributed by atoms with van der Waals surface area (Å²) in [4.78, 5) is 9.42. The first-order valence-electron chi connectivity index (χ1n) is 5.38. The Hall–Kier alpha value is -1.51. The Balaban J connectivity index is 2.07. The normalized spacial score (nSPS) is 14.5. The van der Waals surface area contributed by atoms with Crippen LogP contribution in [0.2, 0.25) is 0 Å². The monoisotopic (exact) mass is 259 g/mol. The number of rotatable bonds is 2. The molecule has 0 aliphatic heterocycles. The van der Waals surface area contributed by atoms with Crippen LogP contribution in [0.4, 0.5) is 0 Å². The van der Waals surface area contributed by atoms with Crippen molar-refractivity contribution >= 4 is 23.6 Å². The summed E-state index contributed by atoms with van der Waals surface area (Å²) >= 11 is 6.65. The topological polar surface area (TPSA) is 52.5 Å². The molecule has 1 aliphatic carbocycles. The van der Waals surface area contributed by atoms with Crippen molar-refractivity contribution in [1.82, 2.24) is 9.97 Å². The largest absolute Gasteiger partial charge is 0.342 e. The molecule has 0 unspecified atom stereocenters. The van der Waals surface area contributed by atoms with Crippen molar-refractivity contribution in [2.45, 2.75) is 18.8 Å². The fraction of sp³-hybridized carbons (Fsp3) is 0.250. The van der Waals surface area contributed by atoms with Crippen LogP contribution < -0.4 is 0 Å². The molecule has 84 valence electrons. The Morgan fingerprint density at radius 1 is 1.47 bits per heavy atom. The van der Waals surface area contributed by atoms with Crippen LogP contribution >= 0.6 is 23.6 Å². The lowest BCUT2D eigenvalue weighted by Crippen LogP contribution is -1.94. The van der Waals surface area contributed by atoms with Crippen molar-refractivity contribution in [3.8, 4) is 16.6 Å². The molecule has 5 heteroatoms. The van der Waals surface area contributed by atoms with E-state index in [1.165, 1.54) is 24.2 Å². The molecule has 0 radical (unpaired) electrons. The van der Waals surface area contributed by atoms with Gasteiger partial charge in [-0.25, -0.2) is 4.98 Å². The molecule has 0 atom stereocenters. The van der Waals surface area contributed by atoms with E-state index in [9.17, 15) is 0 Å². The average molecular weight is 259 g/mol. The molecular formula is C12H9N3S2. The zero-order valence-corrected chi connectivity index (χ0v) is 10.6. The van der Waals surface area contributed by atoms with Gasteiger partial charge in [0.2, 0.25) is 0 Å². The number of hydrogen-bond donors (Lipinski definition) is 1. The van der Waals surface area contributed by atoms with E-state index in [4.69, 9.17) is 17.5 Å². The maximum atomic E-state index is 8.82. The van der Waals surface area contributed by atoms with Gasteiger partial charge >= 0.3 is 0 Å². The van der Waals surface area contributed by atoms with Crippen molar-refractivity contribution in [3.63, 3.8) is 0 Å². The van der Waals surface area contributed by atoms with Crippen LogP contribution in [0, 0.1) is 16.0 Å². The molecular weight excluding hydrogens is 250 g/mol. The second-order valence-electron chi connectivity index (χ2n) is 4.07. The molecule has 2 aromatic rings. The molecule has 0 aromatic carbocycles. The first-order chi connectivity index (χ1) is 8.26. The van der Waals surface area contributed by atoms with Gasteiger partial charge in [-0.3, -0.25) is 0 Å². The van der Waals surface area contributed by atoms with Crippen molar-refractivity contribution in [3.05, 3.63) is 33.5 Å². The van der Waals surface area contributed by atoms with Crippen LogP contribution in [-0.4, -0.2) is 9.97 Å². The van der Waals surface area contributed by atoms with Crippen LogP contribution in [0.5, 0.6) is 0 Å². The molecule has 0 saturated heterocycles. The zero-order chi connectivity index (χ0) is 11.8. The van der Waals surface area contributed by atoms with Gasteiger partial charge in [0.1, 0.15) is 21.4 Å². The Bertz CT molecular complexity index is 659. The van der Waals surface area contributed by atoms with E-state index < -0.39 is 0 Å². The Morgan fingerprint density at radius 3 is 2.94 bits per heavy atom. The lowest BCUT2D eigenvalue weighted by atomic mass is 10.3. The van der Waals surface area contributed by atoms with E-state index in [0.29, 0.717) is 15.4 Å². The molecule has 0 spiro atoms. The predicted molar refractivity (Wildman–Crippen MR) is 69.4 cm³/mol. The first-order valence-corrected chi connectivity index (χ1v) is 6.60. The number of aromatic nitrogens is 2. The molecule has 1 saturated carbocycles. The summed E-state index contributed by atoms with van der Waals surface area (Å²) in [7, 11) is 0. The maximum absolute atomic E-state index is 8.82. The van der Waals surface area contributed by atoms with Crippen molar-refractivity contribution in [2.75, 3.05) is 0 Å². The van der Waals surface area contributed by atoms with Crippen LogP contribution in [-0.2, 0) is 0 Å². The number of hydrogen-bond acceptors (Lipinski definition) is 4. The number of thiophene rings is 1. The van der Waals surface area contributed by atoms with Gasteiger partial charge < -0.3 is 4.98 Å². The summed E-state index contributed by atoms with van der Waals surface area (Å²) in [6.45, 7) is 0.